The zero-order chi connectivity index (χ0) is 24.5. The Balaban J connectivity index is 1.58. The van der Waals surface area contributed by atoms with Crippen LogP contribution in [0.4, 0.5) is 9.18 Å². The number of hydrogen-bond donors (Lipinski definition) is 1. The molecule has 1 atom stereocenters. The molecule has 2 heterocycles. The Kier molecular flexibility index (Phi) is 5.91. The summed E-state index contributed by atoms with van der Waals surface area (Å²) in [4.78, 5) is 19.5. The number of benzene rings is 3. The lowest BCUT2D eigenvalue weighted by molar-refractivity contribution is 0.203. The minimum Gasteiger partial charge on any atom is -0.334 e. The lowest BCUT2D eigenvalue weighted by Gasteiger charge is -2.35. The topological polar surface area (TPSA) is 71.3 Å². The van der Waals surface area contributed by atoms with Gasteiger partial charge in [-0.15, -0.1) is 0 Å². The summed E-state index contributed by atoms with van der Waals surface area (Å²) in [5.74, 6) is 0.417. The minimum absolute atomic E-state index is 0.251. The van der Waals surface area contributed by atoms with Crippen molar-refractivity contribution in [3.63, 3.8) is 0 Å². The number of nitrogens with one attached hydrogen (secondary N) is 1. The molecule has 0 aliphatic carbocycles. The van der Waals surface area contributed by atoms with Crippen LogP contribution in [0.5, 0.6) is 0 Å². The van der Waals surface area contributed by atoms with Crippen molar-refractivity contribution in [3.8, 4) is 11.4 Å². The first kappa shape index (κ1) is 22.5. The number of rotatable bonds is 5. The van der Waals surface area contributed by atoms with Crippen LogP contribution < -0.4 is 5.32 Å². The van der Waals surface area contributed by atoms with Crippen LogP contribution in [0.1, 0.15) is 41.1 Å². The van der Waals surface area contributed by atoms with Crippen molar-refractivity contribution in [2.24, 2.45) is 0 Å². The first-order valence-corrected chi connectivity index (χ1v) is 11.4. The third-order valence-corrected chi connectivity index (χ3v) is 6.23. The van der Waals surface area contributed by atoms with Gasteiger partial charge < -0.3 is 9.84 Å². The predicted molar refractivity (Wildman–Crippen MR) is 131 cm³/mol. The molecule has 0 bridgehead atoms. The molecule has 3 aromatic carbocycles. The largest absolute Gasteiger partial charge is 0.334 e. The van der Waals surface area contributed by atoms with Crippen LogP contribution in [-0.4, -0.2) is 21.1 Å². The molecule has 6 nitrogen and oxygen atoms in total. The second-order valence-electron chi connectivity index (χ2n) is 8.79. The van der Waals surface area contributed by atoms with E-state index in [4.69, 9.17) is 4.52 Å². The van der Waals surface area contributed by atoms with E-state index < -0.39 is 6.04 Å². The fourth-order valence-electron chi connectivity index (χ4n) is 4.18. The maximum Gasteiger partial charge on any atom is 0.322 e. The fourth-order valence-corrected chi connectivity index (χ4v) is 4.18. The molecular formula is C28H25FN4O2. The van der Waals surface area contributed by atoms with Crippen LogP contribution in [0, 0.1) is 19.7 Å². The van der Waals surface area contributed by atoms with E-state index in [-0.39, 0.29) is 11.8 Å². The predicted octanol–water partition coefficient (Wildman–Crippen LogP) is 6.19. The van der Waals surface area contributed by atoms with Crippen molar-refractivity contribution in [2.45, 2.75) is 33.4 Å². The maximum absolute atomic E-state index is 13.6. The molecule has 0 radical (unpaired) electrons. The molecule has 176 valence electrons. The summed E-state index contributed by atoms with van der Waals surface area (Å²) in [6.07, 6.45) is 0. The lowest BCUT2D eigenvalue weighted by atomic mass is 9.94. The summed E-state index contributed by atoms with van der Waals surface area (Å²) in [5.41, 5.74) is 6.20. The molecule has 0 saturated heterocycles. The number of carbonyl (C=O) groups excluding carboxylic acids is 1. The van der Waals surface area contributed by atoms with Gasteiger partial charge in [0.15, 0.2) is 0 Å². The highest BCUT2D eigenvalue weighted by atomic mass is 19.1. The Morgan fingerprint density at radius 1 is 0.914 bits per heavy atom. The van der Waals surface area contributed by atoms with Crippen molar-refractivity contribution >= 4 is 11.6 Å². The third-order valence-electron chi connectivity index (χ3n) is 6.23. The summed E-state index contributed by atoms with van der Waals surface area (Å²) in [5, 5.41) is 7.24. The van der Waals surface area contributed by atoms with Gasteiger partial charge in [-0.1, -0.05) is 76.9 Å². The van der Waals surface area contributed by atoms with E-state index in [1.165, 1.54) is 12.1 Å². The summed E-state index contributed by atoms with van der Waals surface area (Å²) in [6.45, 7) is 6.29. The average Bonchev–Trinajstić information content (AvgIpc) is 3.33. The van der Waals surface area contributed by atoms with E-state index in [1.54, 1.807) is 17.0 Å². The average molecular weight is 469 g/mol. The number of aryl methyl sites for hydroxylation is 2. The van der Waals surface area contributed by atoms with Crippen LogP contribution in [0.3, 0.4) is 0 Å². The van der Waals surface area contributed by atoms with E-state index in [1.807, 2.05) is 69.3 Å². The van der Waals surface area contributed by atoms with Crippen molar-refractivity contribution in [1.29, 1.82) is 0 Å². The molecule has 0 spiro atoms. The van der Waals surface area contributed by atoms with E-state index in [9.17, 15) is 9.18 Å². The summed E-state index contributed by atoms with van der Waals surface area (Å²) >= 11 is 0. The minimum atomic E-state index is -0.566. The Morgan fingerprint density at radius 3 is 2.20 bits per heavy atom. The van der Waals surface area contributed by atoms with Gasteiger partial charge in [-0.2, -0.15) is 4.98 Å². The first-order chi connectivity index (χ1) is 16.9. The highest BCUT2D eigenvalue weighted by Gasteiger charge is 2.35. The zero-order valence-electron chi connectivity index (χ0n) is 19.7. The Morgan fingerprint density at radius 2 is 1.54 bits per heavy atom. The first-order valence-electron chi connectivity index (χ1n) is 11.4. The molecule has 4 aromatic rings. The van der Waals surface area contributed by atoms with E-state index in [2.05, 4.69) is 15.5 Å². The third kappa shape index (κ3) is 4.57. The Labute approximate surface area is 203 Å². The van der Waals surface area contributed by atoms with Crippen LogP contribution in [0.25, 0.3) is 17.0 Å². The smallest absolute Gasteiger partial charge is 0.322 e. The van der Waals surface area contributed by atoms with E-state index in [0.717, 1.165) is 27.8 Å². The number of carbonyl (C=O) groups is 1. The molecule has 7 heteroatoms. The van der Waals surface area contributed by atoms with Gasteiger partial charge in [-0.3, -0.25) is 4.90 Å². The number of urea groups is 1. The molecule has 1 aromatic heterocycles. The van der Waals surface area contributed by atoms with E-state index >= 15 is 0 Å². The number of allylic oxidation sites excluding steroid dienone is 1. The van der Waals surface area contributed by atoms with Crippen molar-refractivity contribution < 1.29 is 13.7 Å². The lowest BCUT2D eigenvalue weighted by Crippen LogP contribution is -2.45. The van der Waals surface area contributed by atoms with Gasteiger partial charge in [-0.05, 0) is 44.0 Å². The SMILES string of the molecule is CC1=C(c2nc(-c3ccc(C)cc3)no2)C(c2ccc(F)cc2)NC(=O)N1Cc1ccc(C)cc1. The van der Waals surface area contributed by atoms with Gasteiger partial charge in [0.05, 0.1) is 18.2 Å². The van der Waals surface area contributed by atoms with Gasteiger partial charge in [0.2, 0.25) is 5.82 Å². The quantitative estimate of drug-likeness (QED) is 0.379. The molecule has 0 saturated carbocycles. The molecule has 1 aliphatic heterocycles. The number of aromatic nitrogens is 2. The summed E-state index contributed by atoms with van der Waals surface area (Å²) < 4.78 is 19.3. The Bertz CT molecular complexity index is 1390. The van der Waals surface area contributed by atoms with Gasteiger partial charge in [0.1, 0.15) is 5.82 Å². The van der Waals surface area contributed by atoms with Crippen LogP contribution in [-0.2, 0) is 6.54 Å². The molecule has 1 N–H and O–H groups in total. The summed E-state index contributed by atoms with van der Waals surface area (Å²) in [6, 6.07) is 21.1. The highest BCUT2D eigenvalue weighted by molar-refractivity contribution is 5.86. The normalized spacial score (nSPS) is 15.9. The molecular weight excluding hydrogens is 443 g/mol. The zero-order valence-corrected chi connectivity index (χ0v) is 19.7. The second kappa shape index (κ2) is 9.18. The molecule has 0 fully saturated rings. The van der Waals surface area contributed by atoms with Crippen LogP contribution in [0.2, 0.25) is 0 Å². The van der Waals surface area contributed by atoms with Crippen molar-refractivity contribution in [1.82, 2.24) is 20.4 Å². The molecule has 35 heavy (non-hydrogen) atoms. The molecule has 5 rings (SSSR count). The number of halogens is 1. The number of amides is 2. The maximum atomic E-state index is 13.6. The second-order valence-corrected chi connectivity index (χ2v) is 8.79. The van der Waals surface area contributed by atoms with E-state index in [0.29, 0.717) is 29.5 Å². The fraction of sp³-hybridized carbons (Fsp3) is 0.179. The molecule has 1 unspecified atom stereocenters. The van der Waals surface area contributed by atoms with Crippen LogP contribution >= 0.6 is 0 Å². The number of hydrogen-bond acceptors (Lipinski definition) is 4. The van der Waals surface area contributed by atoms with Crippen LogP contribution in [0.15, 0.2) is 83.0 Å². The van der Waals surface area contributed by atoms with Gasteiger partial charge >= 0.3 is 6.03 Å². The van der Waals surface area contributed by atoms with Gasteiger partial charge in [0, 0.05) is 11.3 Å². The highest BCUT2D eigenvalue weighted by Crippen LogP contribution is 2.38. The van der Waals surface area contributed by atoms with Gasteiger partial charge in [-0.25, -0.2) is 9.18 Å². The summed E-state index contributed by atoms with van der Waals surface area (Å²) in [7, 11) is 0. The molecule has 1 aliphatic rings. The van der Waals surface area contributed by atoms with Crippen molar-refractivity contribution in [3.05, 3.63) is 112 Å². The van der Waals surface area contributed by atoms with Crippen molar-refractivity contribution in [2.75, 3.05) is 0 Å². The standard InChI is InChI=1S/C28H25FN4O2/c1-17-4-8-20(9-5-17)16-33-19(3)24(25(30-28(33)34)21-12-14-23(29)15-13-21)27-31-26(32-35-27)22-10-6-18(2)7-11-22/h4-15,25H,16H2,1-3H3,(H,30,34). The Hall–Kier alpha value is -4.26. The molecule has 2 amide bonds. The van der Waals surface area contributed by atoms with Gasteiger partial charge in [0.25, 0.3) is 5.89 Å². The monoisotopic (exact) mass is 468 g/mol. The number of nitrogens with zero attached hydrogens (tertiary/aromatic N) is 3.